The maximum absolute atomic E-state index is 12.7. The van der Waals surface area contributed by atoms with Crippen molar-refractivity contribution >= 4 is 23.3 Å². The van der Waals surface area contributed by atoms with Crippen molar-refractivity contribution in [3.8, 4) is 5.75 Å². The Morgan fingerprint density at radius 2 is 1.90 bits per heavy atom. The van der Waals surface area contributed by atoms with Crippen molar-refractivity contribution < 1.29 is 14.3 Å². The van der Waals surface area contributed by atoms with E-state index in [0.717, 1.165) is 18.9 Å². The van der Waals surface area contributed by atoms with Gasteiger partial charge < -0.3 is 19.9 Å². The lowest BCUT2D eigenvalue weighted by molar-refractivity contribution is -0.133. The fourth-order valence-electron chi connectivity index (χ4n) is 3.40. The minimum atomic E-state index is -0.155. The molecule has 1 fully saturated rings. The number of likely N-dealkylation sites (N-methyl/N-ethyl adjacent to an activating group) is 1. The van der Waals surface area contributed by atoms with Gasteiger partial charge in [0.05, 0.1) is 20.2 Å². The summed E-state index contributed by atoms with van der Waals surface area (Å²) in [6.45, 7) is 5.78. The fraction of sp³-hybridized carbons (Fsp3) is 0.409. The lowest BCUT2D eigenvalue weighted by Crippen LogP contribution is -2.52. The first kappa shape index (κ1) is 21.6. The van der Waals surface area contributed by atoms with Crippen LogP contribution < -0.4 is 15.0 Å². The van der Waals surface area contributed by atoms with E-state index in [1.807, 2.05) is 53.1 Å². The molecule has 8 nitrogen and oxygen atoms in total. The number of piperazine rings is 1. The predicted octanol–water partition coefficient (Wildman–Crippen LogP) is 1.70. The van der Waals surface area contributed by atoms with Gasteiger partial charge in [0.1, 0.15) is 11.6 Å². The van der Waals surface area contributed by atoms with Gasteiger partial charge >= 0.3 is 0 Å². The van der Waals surface area contributed by atoms with Crippen LogP contribution in [0.25, 0.3) is 0 Å². The average Bonchev–Trinajstić information content (AvgIpc) is 2.79. The second-order valence-electron chi connectivity index (χ2n) is 7.14. The molecule has 0 aliphatic carbocycles. The Morgan fingerprint density at radius 3 is 2.57 bits per heavy atom. The molecule has 2 aromatic rings. The van der Waals surface area contributed by atoms with E-state index in [-0.39, 0.29) is 24.9 Å². The average molecular weight is 412 g/mol. The molecule has 8 heteroatoms. The molecule has 1 saturated heterocycles. The highest BCUT2D eigenvalue weighted by Crippen LogP contribution is 2.17. The monoisotopic (exact) mass is 411 g/mol. The minimum Gasteiger partial charge on any atom is -0.497 e. The predicted molar refractivity (Wildman–Crippen MR) is 117 cm³/mol. The number of anilines is 2. The number of carbonyl (C=O) groups is 2. The van der Waals surface area contributed by atoms with E-state index >= 15 is 0 Å². The Balaban J connectivity index is 1.47. The number of aromatic nitrogens is 1. The Hall–Kier alpha value is -3.13. The molecule has 0 atom stereocenters. The van der Waals surface area contributed by atoms with E-state index < -0.39 is 0 Å². The molecule has 0 spiro atoms. The van der Waals surface area contributed by atoms with Gasteiger partial charge in [0, 0.05) is 44.1 Å². The highest BCUT2D eigenvalue weighted by atomic mass is 16.5. The van der Waals surface area contributed by atoms with Crippen molar-refractivity contribution in [1.29, 1.82) is 0 Å². The Labute approximate surface area is 177 Å². The third-order valence-corrected chi connectivity index (χ3v) is 5.13. The topological polar surface area (TPSA) is 78.0 Å². The smallest absolute Gasteiger partial charge is 0.238 e. The number of hydrogen-bond acceptors (Lipinski definition) is 6. The molecule has 2 amide bonds. The van der Waals surface area contributed by atoms with Crippen LogP contribution in [-0.4, -0.2) is 79.5 Å². The van der Waals surface area contributed by atoms with Crippen molar-refractivity contribution in [2.75, 3.05) is 63.1 Å². The molecule has 0 bridgehead atoms. The SMILES string of the molecule is CCN(CC(=O)Nc1cccc(OC)c1)CC(=O)N1CCN(c2ccccn2)CC1. The van der Waals surface area contributed by atoms with Crippen LogP contribution in [0.4, 0.5) is 11.5 Å². The minimum absolute atomic E-state index is 0.0479. The molecule has 0 unspecified atom stereocenters. The van der Waals surface area contributed by atoms with Gasteiger partial charge in [0.25, 0.3) is 0 Å². The van der Waals surface area contributed by atoms with Crippen molar-refractivity contribution in [2.45, 2.75) is 6.92 Å². The van der Waals surface area contributed by atoms with E-state index in [1.54, 1.807) is 19.4 Å². The normalized spacial score (nSPS) is 14.0. The first-order valence-electron chi connectivity index (χ1n) is 10.2. The maximum atomic E-state index is 12.7. The second-order valence-corrected chi connectivity index (χ2v) is 7.14. The quantitative estimate of drug-likeness (QED) is 0.713. The molecule has 1 aromatic carbocycles. The number of ether oxygens (including phenoxy) is 1. The Morgan fingerprint density at radius 1 is 1.10 bits per heavy atom. The summed E-state index contributed by atoms with van der Waals surface area (Å²) in [5.74, 6) is 1.51. The van der Waals surface area contributed by atoms with Crippen molar-refractivity contribution in [3.05, 3.63) is 48.7 Å². The van der Waals surface area contributed by atoms with Gasteiger partial charge in [-0.05, 0) is 30.8 Å². The molecule has 2 heterocycles. The van der Waals surface area contributed by atoms with E-state index in [4.69, 9.17) is 4.74 Å². The van der Waals surface area contributed by atoms with Gasteiger partial charge in [-0.25, -0.2) is 4.98 Å². The number of rotatable bonds is 8. The summed E-state index contributed by atoms with van der Waals surface area (Å²) < 4.78 is 5.18. The van der Waals surface area contributed by atoms with E-state index in [9.17, 15) is 9.59 Å². The second kappa shape index (κ2) is 10.6. The number of methoxy groups -OCH3 is 1. The van der Waals surface area contributed by atoms with E-state index in [1.165, 1.54) is 0 Å². The van der Waals surface area contributed by atoms with Crippen LogP contribution in [0.15, 0.2) is 48.7 Å². The van der Waals surface area contributed by atoms with Gasteiger partial charge in [-0.15, -0.1) is 0 Å². The lowest BCUT2D eigenvalue weighted by Gasteiger charge is -2.36. The first-order valence-corrected chi connectivity index (χ1v) is 10.2. The molecule has 1 aliphatic rings. The number of benzene rings is 1. The van der Waals surface area contributed by atoms with Crippen molar-refractivity contribution in [1.82, 2.24) is 14.8 Å². The standard InChI is InChI=1S/C22H29N5O3/c1-3-25(16-21(28)24-18-7-6-8-19(15-18)30-2)17-22(29)27-13-11-26(12-14-27)20-9-4-5-10-23-20/h4-10,15H,3,11-14,16-17H2,1-2H3,(H,24,28). The van der Waals surface area contributed by atoms with Crippen LogP contribution in [0, 0.1) is 0 Å². The molecule has 160 valence electrons. The summed E-state index contributed by atoms with van der Waals surface area (Å²) in [5.41, 5.74) is 0.673. The third-order valence-electron chi connectivity index (χ3n) is 5.13. The summed E-state index contributed by atoms with van der Waals surface area (Å²) in [5, 5.41) is 2.86. The highest BCUT2D eigenvalue weighted by molar-refractivity contribution is 5.92. The van der Waals surface area contributed by atoms with Gasteiger partial charge in [0.15, 0.2) is 0 Å². The highest BCUT2D eigenvalue weighted by Gasteiger charge is 2.23. The number of nitrogens with one attached hydrogen (secondary N) is 1. The van der Waals surface area contributed by atoms with Crippen molar-refractivity contribution in [3.63, 3.8) is 0 Å². The van der Waals surface area contributed by atoms with E-state index in [0.29, 0.717) is 31.1 Å². The molecule has 3 rings (SSSR count). The summed E-state index contributed by atoms with van der Waals surface area (Å²) >= 11 is 0. The number of amides is 2. The van der Waals surface area contributed by atoms with Gasteiger partial charge in [-0.3, -0.25) is 14.5 Å². The van der Waals surface area contributed by atoms with Crippen LogP contribution >= 0.6 is 0 Å². The zero-order chi connectivity index (χ0) is 21.3. The first-order chi connectivity index (χ1) is 14.6. The van der Waals surface area contributed by atoms with Crippen molar-refractivity contribution in [2.24, 2.45) is 0 Å². The van der Waals surface area contributed by atoms with Gasteiger partial charge in [-0.2, -0.15) is 0 Å². The Kier molecular flexibility index (Phi) is 7.62. The van der Waals surface area contributed by atoms with Gasteiger partial charge in [-0.1, -0.05) is 19.1 Å². The number of carbonyl (C=O) groups excluding carboxylic acids is 2. The molecule has 1 N–H and O–H groups in total. The van der Waals surface area contributed by atoms with Crippen LogP contribution in [0.3, 0.4) is 0 Å². The fourth-order valence-corrected chi connectivity index (χ4v) is 3.40. The van der Waals surface area contributed by atoms with Crippen LogP contribution in [0.2, 0.25) is 0 Å². The Bertz CT molecular complexity index is 838. The summed E-state index contributed by atoms with van der Waals surface area (Å²) in [6.07, 6.45) is 1.78. The van der Waals surface area contributed by atoms with Crippen LogP contribution in [0.5, 0.6) is 5.75 Å². The molecular weight excluding hydrogens is 382 g/mol. The number of pyridine rings is 1. The maximum Gasteiger partial charge on any atom is 0.238 e. The number of nitrogens with zero attached hydrogens (tertiary/aromatic N) is 4. The zero-order valence-electron chi connectivity index (χ0n) is 17.6. The molecule has 1 aliphatic heterocycles. The third kappa shape index (κ3) is 5.93. The molecule has 30 heavy (non-hydrogen) atoms. The van der Waals surface area contributed by atoms with Crippen LogP contribution in [0.1, 0.15) is 6.92 Å². The lowest BCUT2D eigenvalue weighted by atomic mass is 10.3. The summed E-state index contributed by atoms with van der Waals surface area (Å²) in [7, 11) is 1.58. The molecular formula is C22H29N5O3. The summed E-state index contributed by atoms with van der Waals surface area (Å²) in [6, 6.07) is 13.1. The summed E-state index contributed by atoms with van der Waals surface area (Å²) in [4.78, 5) is 35.4. The van der Waals surface area contributed by atoms with Crippen LogP contribution in [-0.2, 0) is 9.59 Å². The molecule has 0 saturated carbocycles. The van der Waals surface area contributed by atoms with E-state index in [2.05, 4.69) is 15.2 Å². The molecule has 0 radical (unpaired) electrons. The largest absolute Gasteiger partial charge is 0.497 e. The number of hydrogen-bond donors (Lipinski definition) is 1. The van der Waals surface area contributed by atoms with Gasteiger partial charge in [0.2, 0.25) is 11.8 Å². The molecule has 1 aromatic heterocycles. The zero-order valence-corrected chi connectivity index (χ0v) is 17.6.